The maximum Gasteiger partial charge on any atom is 0.256 e. The Morgan fingerprint density at radius 1 is 0.567 bits per heavy atom. The van der Waals surface area contributed by atoms with Gasteiger partial charge < -0.3 is 0 Å². The van der Waals surface area contributed by atoms with E-state index in [-0.39, 0.29) is 0 Å². The lowest BCUT2D eigenvalue weighted by molar-refractivity contribution is -0.704. The molecule has 0 aromatic carbocycles. The van der Waals surface area contributed by atoms with E-state index in [1.54, 1.807) is 5.82 Å². The monoisotopic (exact) mass is 419 g/mol. The Bertz CT molecular complexity index is 477. The van der Waals surface area contributed by atoms with Crippen LogP contribution in [0.4, 0.5) is 0 Å². The van der Waals surface area contributed by atoms with E-state index >= 15 is 0 Å². The Balaban J connectivity index is 2.42. The predicted molar refractivity (Wildman–Crippen MR) is 133 cm³/mol. The van der Waals surface area contributed by atoms with Crippen LogP contribution in [-0.2, 0) is 19.5 Å². The minimum Gasteiger partial charge on any atom is -0.234 e. The average Bonchev–Trinajstić information content (AvgIpc) is 3.14. The molecule has 0 N–H and O–H groups in total. The molecule has 1 rings (SSSR count). The number of rotatable bonds is 22. The third-order valence-corrected chi connectivity index (χ3v) is 6.60. The van der Waals surface area contributed by atoms with Crippen LogP contribution < -0.4 is 4.57 Å². The summed E-state index contributed by atoms with van der Waals surface area (Å²) < 4.78 is 5.18. The Labute approximate surface area is 189 Å². The third-order valence-electron chi connectivity index (χ3n) is 6.60. The largest absolute Gasteiger partial charge is 0.256 e. The topological polar surface area (TPSA) is 8.81 Å². The van der Waals surface area contributed by atoms with Crippen molar-refractivity contribution in [1.29, 1.82) is 0 Å². The van der Waals surface area contributed by atoms with E-state index in [9.17, 15) is 0 Å². The SMILES string of the molecule is CCCCCCCCC[n+]1ccn(CCCCCCCC)c1CCCCCCCC. The normalized spacial score (nSPS) is 11.4. The van der Waals surface area contributed by atoms with E-state index in [0.29, 0.717) is 0 Å². The van der Waals surface area contributed by atoms with Gasteiger partial charge in [-0.2, -0.15) is 0 Å². The van der Waals surface area contributed by atoms with Gasteiger partial charge in [-0.05, 0) is 32.1 Å². The van der Waals surface area contributed by atoms with Crippen LogP contribution in [0.2, 0.25) is 0 Å². The van der Waals surface area contributed by atoms with Crippen molar-refractivity contribution in [1.82, 2.24) is 4.57 Å². The molecule has 1 heterocycles. The van der Waals surface area contributed by atoms with Gasteiger partial charge in [0.1, 0.15) is 12.4 Å². The molecule has 0 saturated carbocycles. The predicted octanol–water partition coefficient (Wildman–Crippen LogP) is 8.79. The van der Waals surface area contributed by atoms with Crippen LogP contribution in [0.25, 0.3) is 0 Å². The van der Waals surface area contributed by atoms with Crippen LogP contribution in [0, 0.1) is 0 Å². The van der Waals surface area contributed by atoms with Gasteiger partial charge in [0.2, 0.25) is 0 Å². The fourth-order valence-electron chi connectivity index (χ4n) is 4.56. The third kappa shape index (κ3) is 13.5. The first-order valence-electron chi connectivity index (χ1n) is 13.9. The fraction of sp³-hybridized carbons (Fsp3) is 0.893. The molecule has 0 amide bonds. The van der Waals surface area contributed by atoms with Crippen molar-refractivity contribution in [2.45, 2.75) is 162 Å². The average molecular weight is 420 g/mol. The lowest BCUT2D eigenvalue weighted by Crippen LogP contribution is -2.37. The van der Waals surface area contributed by atoms with E-state index in [0.717, 1.165) is 0 Å². The molecule has 1 aromatic rings. The highest BCUT2D eigenvalue weighted by Crippen LogP contribution is 2.12. The summed E-state index contributed by atoms with van der Waals surface area (Å²) in [6.07, 6.45) is 32.5. The number of unbranched alkanes of at least 4 members (excludes halogenated alkanes) is 16. The molecule has 176 valence electrons. The standard InChI is InChI=1S/C28H55N2/c1-4-7-10-13-16-19-22-25-30-27-26-29(24-21-18-15-12-9-6-3)28(30)23-20-17-14-11-8-5-2/h26-27H,4-25H2,1-3H3/q+1. The van der Waals surface area contributed by atoms with Gasteiger partial charge in [-0.25, -0.2) is 9.13 Å². The fourth-order valence-corrected chi connectivity index (χ4v) is 4.56. The zero-order valence-electron chi connectivity index (χ0n) is 21.1. The lowest BCUT2D eigenvalue weighted by Gasteiger charge is -2.07. The van der Waals surface area contributed by atoms with E-state index in [4.69, 9.17) is 0 Å². The molecule has 0 aliphatic heterocycles. The van der Waals surface area contributed by atoms with Crippen LogP contribution in [0.5, 0.6) is 0 Å². The highest BCUT2D eigenvalue weighted by atomic mass is 15.1. The number of imidazole rings is 1. The smallest absolute Gasteiger partial charge is 0.234 e. The first kappa shape index (κ1) is 27.2. The molecule has 0 aliphatic rings. The lowest BCUT2D eigenvalue weighted by atomic mass is 10.1. The Hall–Kier alpha value is -0.790. The van der Waals surface area contributed by atoms with Crippen molar-refractivity contribution in [2.75, 3.05) is 0 Å². The molecule has 1 aromatic heterocycles. The summed E-state index contributed by atoms with van der Waals surface area (Å²) in [5, 5.41) is 0. The molecule has 0 atom stereocenters. The van der Waals surface area contributed by atoms with Crippen LogP contribution >= 0.6 is 0 Å². The zero-order valence-corrected chi connectivity index (χ0v) is 21.1. The van der Waals surface area contributed by atoms with Gasteiger partial charge in [0.05, 0.1) is 13.1 Å². The van der Waals surface area contributed by atoms with Gasteiger partial charge in [-0.3, -0.25) is 0 Å². The molecule has 0 bridgehead atoms. The van der Waals surface area contributed by atoms with Crippen molar-refractivity contribution in [3.05, 3.63) is 18.2 Å². The Morgan fingerprint density at radius 2 is 1.03 bits per heavy atom. The number of aromatic nitrogens is 2. The molecule has 2 heteroatoms. The van der Waals surface area contributed by atoms with Crippen molar-refractivity contribution < 1.29 is 4.57 Å². The second kappa shape index (κ2) is 20.1. The summed E-state index contributed by atoms with van der Waals surface area (Å²) in [5.74, 6) is 1.60. The van der Waals surface area contributed by atoms with Crippen LogP contribution in [-0.4, -0.2) is 4.57 Å². The molecule has 30 heavy (non-hydrogen) atoms. The minimum absolute atomic E-state index is 1.22. The van der Waals surface area contributed by atoms with Gasteiger partial charge >= 0.3 is 0 Å². The van der Waals surface area contributed by atoms with E-state index in [2.05, 4.69) is 42.3 Å². The summed E-state index contributed by atoms with van der Waals surface area (Å²) in [7, 11) is 0. The summed E-state index contributed by atoms with van der Waals surface area (Å²) in [6, 6.07) is 0. The molecular formula is C28H55N2+. The summed E-state index contributed by atoms with van der Waals surface area (Å²) in [6.45, 7) is 9.36. The van der Waals surface area contributed by atoms with Crippen molar-refractivity contribution in [2.24, 2.45) is 0 Å². The molecule has 0 aliphatic carbocycles. The highest BCUT2D eigenvalue weighted by molar-refractivity contribution is 4.84. The summed E-state index contributed by atoms with van der Waals surface area (Å²) in [5.41, 5.74) is 0. The Morgan fingerprint density at radius 3 is 1.60 bits per heavy atom. The van der Waals surface area contributed by atoms with Crippen LogP contribution in [0.1, 0.15) is 149 Å². The maximum absolute atomic E-state index is 2.59. The summed E-state index contributed by atoms with van der Waals surface area (Å²) in [4.78, 5) is 0. The molecule has 2 nitrogen and oxygen atoms in total. The maximum atomic E-state index is 2.59. The molecule has 0 spiro atoms. The second-order valence-corrected chi connectivity index (χ2v) is 9.51. The molecule has 0 unspecified atom stereocenters. The zero-order chi connectivity index (χ0) is 21.7. The van der Waals surface area contributed by atoms with Crippen molar-refractivity contribution in [3.8, 4) is 0 Å². The van der Waals surface area contributed by atoms with E-state index in [1.165, 1.54) is 142 Å². The second-order valence-electron chi connectivity index (χ2n) is 9.51. The molecule has 0 radical (unpaired) electrons. The Kier molecular flexibility index (Phi) is 18.3. The van der Waals surface area contributed by atoms with E-state index in [1.807, 2.05) is 0 Å². The van der Waals surface area contributed by atoms with Crippen molar-refractivity contribution >= 4 is 0 Å². The minimum atomic E-state index is 1.22. The quantitative estimate of drug-likeness (QED) is 0.131. The highest BCUT2D eigenvalue weighted by Gasteiger charge is 2.16. The van der Waals surface area contributed by atoms with Crippen molar-refractivity contribution in [3.63, 3.8) is 0 Å². The number of hydrogen-bond donors (Lipinski definition) is 0. The number of nitrogens with zero attached hydrogens (tertiary/aromatic N) is 2. The molecule has 0 saturated heterocycles. The van der Waals surface area contributed by atoms with Gasteiger partial charge in [-0.1, -0.05) is 111 Å². The number of aryl methyl sites for hydroxylation is 2. The van der Waals surface area contributed by atoms with Gasteiger partial charge in [0.25, 0.3) is 5.82 Å². The first-order valence-corrected chi connectivity index (χ1v) is 13.9. The van der Waals surface area contributed by atoms with Gasteiger partial charge in [0, 0.05) is 6.42 Å². The molecular weight excluding hydrogens is 364 g/mol. The first-order chi connectivity index (χ1) is 14.8. The number of hydrogen-bond acceptors (Lipinski definition) is 0. The van der Waals surface area contributed by atoms with Crippen LogP contribution in [0.15, 0.2) is 12.4 Å². The molecule has 0 fully saturated rings. The van der Waals surface area contributed by atoms with E-state index < -0.39 is 0 Å². The van der Waals surface area contributed by atoms with Gasteiger partial charge in [-0.15, -0.1) is 0 Å². The van der Waals surface area contributed by atoms with Gasteiger partial charge in [0.15, 0.2) is 0 Å². The van der Waals surface area contributed by atoms with Crippen LogP contribution in [0.3, 0.4) is 0 Å². The summed E-state index contributed by atoms with van der Waals surface area (Å²) >= 11 is 0.